The third-order valence-electron chi connectivity index (χ3n) is 4.51. The van der Waals surface area contributed by atoms with Crippen molar-refractivity contribution < 1.29 is 9.53 Å². The van der Waals surface area contributed by atoms with Crippen LogP contribution in [0.25, 0.3) is 11.3 Å². The molecule has 0 bridgehead atoms. The monoisotopic (exact) mass is 357 g/mol. The summed E-state index contributed by atoms with van der Waals surface area (Å²) in [6, 6.07) is 7.07. The topological polar surface area (TPSA) is 81.1 Å². The summed E-state index contributed by atoms with van der Waals surface area (Å²) in [6.07, 6.45) is 4.75. The number of nitrogens with one attached hydrogen (secondary N) is 2. The summed E-state index contributed by atoms with van der Waals surface area (Å²) in [5.74, 6) is 0. The Bertz CT molecular complexity index is 737. The fourth-order valence-corrected chi connectivity index (χ4v) is 2.85. The molecule has 3 rings (SSSR count). The molecule has 1 aliphatic rings. The summed E-state index contributed by atoms with van der Waals surface area (Å²) in [5.41, 5.74) is 4.13. The molecule has 26 heavy (non-hydrogen) atoms. The van der Waals surface area contributed by atoms with E-state index in [0.717, 1.165) is 29.1 Å². The first-order valence-corrected chi connectivity index (χ1v) is 9.15. The number of rotatable bonds is 8. The normalized spacial score (nSPS) is 14.9. The largest absolute Gasteiger partial charge is 0.453 e. The Morgan fingerprint density at radius 3 is 2.88 bits per heavy atom. The highest BCUT2D eigenvalue weighted by Gasteiger charge is 2.25. The second-order valence-electron chi connectivity index (χ2n) is 6.80. The molecule has 1 fully saturated rings. The second-order valence-corrected chi connectivity index (χ2v) is 6.80. The summed E-state index contributed by atoms with van der Waals surface area (Å²) >= 11 is 0. The number of aromatic nitrogens is 3. The predicted octanol–water partition coefficient (Wildman–Crippen LogP) is 2.81. The summed E-state index contributed by atoms with van der Waals surface area (Å²) in [5, 5.41) is 11.1. The quantitative estimate of drug-likeness (QED) is 0.710. The molecule has 0 saturated heterocycles. The second kappa shape index (κ2) is 8.31. The van der Waals surface area contributed by atoms with Gasteiger partial charge in [-0.3, -0.25) is 9.67 Å². The van der Waals surface area contributed by atoms with Gasteiger partial charge in [0.05, 0.1) is 18.5 Å². The van der Waals surface area contributed by atoms with Gasteiger partial charge in [0, 0.05) is 42.6 Å². The van der Waals surface area contributed by atoms with Crippen molar-refractivity contribution in [2.75, 3.05) is 13.7 Å². The fourth-order valence-electron chi connectivity index (χ4n) is 2.85. The van der Waals surface area contributed by atoms with Crippen LogP contribution < -0.4 is 10.6 Å². The van der Waals surface area contributed by atoms with Gasteiger partial charge in [-0.25, -0.2) is 4.79 Å². The Morgan fingerprint density at radius 2 is 2.23 bits per heavy atom. The van der Waals surface area contributed by atoms with Crippen molar-refractivity contribution in [2.24, 2.45) is 0 Å². The van der Waals surface area contributed by atoms with Crippen LogP contribution in [0.15, 0.2) is 24.4 Å². The number of amides is 1. The summed E-state index contributed by atoms with van der Waals surface area (Å²) < 4.78 is 6.60. The van der Waals surface area contributed by atoms with E-state index >= 15 is 0 Å². The fraction of sp³-hybridized carbons (Fsp3) is 0.526. The number of methoxy groups -OCH3 is 1. The third-order valence-corrected chi connectivity index (χ3v) is 4.51. The standard InChI is InChI=1S/C19H27N5O2/c1-13-5-6-15(12-21-13)18-11-17(14(2)22-16-7-8-16)23-24(18)10-4-9-20-19(25)26-3/h5-6,11-12,14,16,22H,4,7-10H2,1-3H3,(H,20,25). The van der Waals surface area contributed by atoms with Crippen molar-refractivity contribution in [3.8, 4) is 11.3 Å². The molecular formula is C19H27N5O2. The molecule has 1 unspecified atom stereocenters. The van der Waals surface area contributed by atoms with E-state index in [1.165, 1.54) is 20.0 Å². The highest BCUT2D eigenvalue weighted by molar-refractivity contribution is 5.66. The molecule has 1 saturated carbocycles. The Kier molecular flexibility index (Phi) is 5.88. The van der Waals surface area contributed by atoms with Crippen LogP contribution in [-0.4, -0.2) is 40.6 Å². The highest BCUT2D eigenvalue weighted by atomic mass is 16.5. The smallest absolute Gasteiger partial charge is 0.406 e. The van der Waals surface area contributed by atoms with Crippen LogP contribution in [0, 0.1) is 6.92 Å². The number of carbonyl (C=O) groups is 1. The van der Waals surface area contributed by atoms with Gasteiger partial charge in [-0.2, -0.15) is 5.10 Å². The van der Waals surface area contributed by atoms with E-state index < -0.39 is 6.09 Å². The Hall–Kier alpha value is -2.41. The first kappa shape index (κ1) is 18.4. The molecule has 0 aromatic carbocycles. The van der Waals surface area contributed by atoms with Crippen LogP contribution in [0.4, 0.5) is 4.79 Å². The van der Waals surface area contributed by atoms with E-state index in [-0.39, 0.29) is 6.04 Å². The molecule has 2 aromatic heterocycles. The maximum absolute atomic E-state index is 11.2. The Morgan fingerprint density at radius 1 is 1.42 bits per heavy atom. The van der Waals surface area contributed by atoms with Gasteiger partial charge < -0.3 is 15.4 Å². The van der Waals surface area contributed by atoms with Gasteiger partial charge in [-0.05, 0) is 51.3 Å². The molecule has 140 valence electrons. The third kappa shape index (κ3) is 4.82. The van der Waals surface area contributed by atoms with Crippen molar-refractivity contribution in [3.05, 3.63) is 35.8 Å². The molecule has 0 spiro atoms. The summed E-state index contributed by atoms with van der Waals surface area (Å²) in [7, 11) is 1.37. The van der Waals surface area contributed by atoms with Crippen molar-refractivity contribution in [1.29, 1.82) is 0 Å². The minimum absolute atomic E-state index is 0.217. The van der Waals surface area contributed by atoms with E-state index in [9.17, 15) is 4.79 Å². The molecule has 1 atom stereocenters. The number of alkyl carbamates (subject to hydrolysis) is 1. The maximum atomic E-state index is 11.2. The first-order valence-electron chi connectivity index (χ1n) is 9.15. The van der Waals surface area contributed by atoms with E-state index in [1.807, 2.05) is 23.9 Å². The van der Waals surface area contributed by atoms with E-state index in [4.69, 9.17) is 5.10 Å². The van der Waals surface area contributed by atoms with E-state index in [1.54, 1.807) is 0 Å². The average molecular weight is 357 g/mol. The molecule has 2 N–H and O–H groups in total. The lowest BCUT2D eigenvalue weighted by Crippen LogP contribution is -2.25. The lowest BCUT2D eigenvalue weighted by Gasteiger charge is -2.10. The van der Waals surface area contributed by atoms with Gasteiger partial charge in [0.1, 0.15) is 0 Å². The van der Waals surface area contributed by atoms with Crippen molar-refractivity contribution in [3.63, 3.8) is 0 Å². The molecule has 1 aliphatic carbocycles. The number of hydrogen-bond acceptors (Lipinski definition) is 5. The number of nitrogens with zero attached hydrogens (tertiary/aromatic N) is 3. The molecule has 0 aliphatic heterocycles. The maximum Gasteiger partial charge on any atom is 0.406 e. The molecule has 7 heteroatoms. The highest BCUT2D eigenvalue weighted by Crippen LogP contribution is 2.27. The molecular weight excluding hydrogens is 330 g/mol. The van der Waals surface area contributed by atoms with Gasteiger partial charge >= 0.3 is 6.09 Å². The van der Waals surface area contributed by atoms with Crippen LogP contribution in [0.2, 0.25) is 0 Å². The summed E-state index contributed by atoms with van der Waals surface area (Å²) in [6.45, 7) is 5.39. The molecule has 2 aromatic rings. The Balaban J connectivity index is 1.74. The molecule has 1 amide bonds. The van der Waals surface area contributed by atoms with E-state index in [0.29, 0.717) is 19.1 Å². The minimum Gasteiger partial charge on any atom is -0.453 e. The molecule has 0 radical (unpaired) electrons. The van der Waals surface area contributed by atoms with Crippen LogP contribution in [0.1, 0.15) is 43.6 Å². The number of aryl methyl sites for hydroxylation is 2. The lowest BCUT2D eigenvalue weighted by molar-refractivity contribution is 0.170. The van der Waals surface area contributed by atoms with Crippen LogP contribution in [0.5, 0.6) is 0 Å². The Labute approximate surface area is 154 Å². The zero-order valence-electron chi connectivity index (χ0n) is 15.7. The van der Waals surface area contributed by atoms with Crippen LogP contribution in [-0.2, 0) is 11.3 Å². The molecule has 2 heterocycles. The summed E-state index contributed by atoms with van der Waals surface area (Å²) in [4.78, 5) is 15.6. The number of ether oxygens (including phenoxy) is 1. The van der Waals surface area contributed by atoms with E-state index in [2.05, 4.69) is 39.4 Å². The van der Waals surface area contributed by atoms with Crippen LogP contribution in [0.3, 0.4) is 0 Å². The van der Waals surface area contributed by atoms with Gasteiger partial charge in [0.15, 0.2) is 0 Å². The predicted molar refractivity (Wildman–Crippen MR) is 99.8 cm³/mol. The number of hydrogen-bond donors (Lipinski definition) is 2. The first-order chi connectivity index (χ1) is 12.6. The SMILES string of the molecule is COC(=O)NCCCn1nc(C(C)NC2CC2)cc1-c1ccc(C)nc1. The van der Waals surface area contributed by atoms with Gasteiger partial charge in [0.25, 0.3) is 0 Å². The minimum atomic E-state index is -0.406. The average Bonchev–Trinajstić information content (AvgIpc) is 3.35. The number of carbonyl (C=O) groups excluding carboxylic acids is 1. The van der Waals surface area contributed by atoms with Gasteiger partial charge in [-0.1, -0.05) is 0 Å². The van der Waals surface area contributed by atoms with Crippen molar-refractivity contribution in [2.45, 2.75) is 51.7 Å². The zero-order valence-corrected chi connectivity index (χ0v) is 15.7. The zero-order chi connectivity index (χ0) is 18.5. The van der Waals surface area contributed by atoms with Gasteiger partial charge in [0.2, 0.25) is 0 Å². The molecule has 7 nitrogen and oxygen atoms in total. The number of pyridine rings is 1. The van der Waals surface area contributed by atoms with Gasteiger partial charge in [-0.15, -0.1) is 0 Å². The lowest BCUT2D eigenvalue weighted by atomic mass is 10.1. The van der Waals surface area contributed by atoms with Crippen molar-refractivity contribution >= 4 is 6.09 Å². The van der Waals surface area contributed by atoms with Crippen LogP contribution >= 0.6 is 0 Å². The van der Waals surface area contributed by atoms with Crippen molar-refractivity contribution in [1.82, 2.24) is 25.4 Å².